The zero-order chi connectivity index (χ0) is 48.6. The quantitative estimate of drug-likeness (QED) is 0.0882. The number of methoxy groups -OCH3 is 2. The minimum Gasteiger partial charge on any atom is -0.464 e. The van der Waals surface area contributed by atoms with Crippen molar-refractivity contribution in [2.45, 2.75) is 38.1 Å². The van der Waals surface area contributed by atoms with Crippen LogP contribution in [0.2, 0.25) is 0 Å². The molecule has 4 N–H and O–H groups in total. The van der Waals surface area contributed by atoms with Crippen LogP contribution in [-0.4, -0.2) is 57.9 Å². The molecule has 17 heteroatoms. The van der Waals surface area contributed by atoms with E-state index in [9.17, 15) is 36.7 Å². The van der Waals surface area contributed by atoms with Crippen LogP contribution < -0.4 is 16.0 Å². The van der Waals surface area contributed by atoms with Crippen LogP contribution in [0.4, 0.5) is 17.6 Å². The van der Waals surface area contributed by atoms with Gasteiger partial charge in [-0.1, -0.05) is 61.7 Å². The van der Waals surface area contributed by atoms with Crippen LogP contribution in [0.25, 0.3) is 0 Å². The van der Waals surface area contributed by atoms with Gasteiger partial charge in [-0.05, 0) is 120 Å². The van der Waals surface area contributed by atoms with Crippen molar-refractivity contribution in [3.8, 4) is 0 Å². The Hall–Kier alpha value is -8.18. The highest BCUT2D eigenvalue weighted by molar-refractivity contribution is 5.96. The van der Waals surface area contributed by atoms with Crippen LogP contribution >= 0.6 is 0 Å². The second-order valence-electron chi connectivity index (χ2n) is 15.2. The van der Waals surface area contributed by atoms with Gasteiger partial charge < -0.3 is 30.5 Å². The van der Waals surface area contributed by atoms with Crippen molar-refractivity contribution >= 4 is 23.8 Å². The Labute approximate surface area is 382 Å². The molecule has 0 radical (unpaired) electrons. The number of hydrogen-bond donors (Lipinski definition) is 4. The van der Waals surface area contributed by atoms with E-state index in [1.54, 1.807) is 32.0 Å². The molecular weight excluding hydrogens is 873 g/mol. The van der Waals surface area contributed by atoms with Crippen molar-refractivity contribution in [2.24, 2.45) is 0 Å². The largest absolute Gasteiger partial charge is 0.464 e. The monoisotopic (exact) mass is 916 g/mol. The van der Waals surface area contributed by atoms with Gasteiger partial charge >= 0.3 is 11.9 Å². The number of esters is 2. The third-order valence-electron chi connectivity index (χ3n) is 10.6. The lowest BCUT2D eigenvalue weighted by atomic mass is 9.82. The Bertz CT molecular complexity index is 2750. The van der Waals surface area contributed by atoms with Crippen LogP contribution in [0.5, 0.6) is 0 Å². The fraction of sp³-hybridized carbons (Fsp3) is 0.160. The van der Waals surface area contributed by atoms with Crippen molar-refractivity contribution in [3.63, 3.8) is 0 Å². The van der Waals surface area contributed by atoms with Crippen LogP contribution in [0, 0.1) is 37.1 Å². The topological polar surface area (TPSA) is 172 Å². The van der Waals surface area contributed by atoms with E-state index in [1.165, 1.54) is 122 Å². The fourth-order valence-electron chi connectivity index (χ4n) is 7.57. The first-order valence-electron chi connectivity index (χ1n) is 20.3. The molecule has 2 saturated heterocycles. The number of hydrogen-bond acceptors (Lipinski definition) is 11. The Morgan fingerprint density at radius 2 is 0.985 bits per heavy atom. The van der Waals surface area contributed by atoms with Gasteiger partial charge in [0.25, 0.3) is 11.8 Å². The maximum Gasteiger partial charge on any atom is 0.356 e. The van der Waals surface area contributed by atoms with Gasteiger partial charge in [0.05, 0.1) is 33.2 Å². The molecule has 0 atom stereocenters. The average molecular weight is 917 g/mol. The summed E-state index contributed by atoms with van der Waals surface area (Å²) in [7, 11) is 2.56. The molecule has 4 heterocycles. The summed E-state index contributed by atoms with van der Waals surface area (Å²) in [5.41, 5.74) is 2.32. The van der Waals surface area contributed by atoms with Crippen molar-refractivity contribution < 1.29 is 51.3 Å². The summed E-state index contributed by atoms with van der Waals surface area (Å²) in [6, 6.07) is 28.8. The van der Waals surface area contributed by atoms with Gasteiger partial charge in [0.1, 0.15) is 40.5 Å². The predicted octanol–water partition coefficient (Wildman–Crippen LogP) is 6.87. The first-order valence-corrected chi connectivity index (χ1v) is 20.3. The molecule has 8 rings (SSSR count). The van der Waals surface area contributed by atoms with Crippen LogP contribution in [0.1, 0.15) is 65.7 Å². The summed E-state index contributed by atoms with van der Waals surface area (Å²) in [4.78, 5) is 58.9. The molecule has 0 saturated carbocycles. The summed E-state index contributed by atoms with van der Waals surface area (Å²) >= 11 is 0. The molecule has 6 aromatic rings. The molecule has 2 aliphatic heterocycles. The van der Waals surface area contributed by atoms with E-state index in [0.717, 1.165) is 0 Å². The predicted molar refractivity (Wildman–Crippen MR) is 237 cm³/mol. The average Bonchev–Trinajstić information content (AvgIpc) is 3.76. The highest BCUT2D eigenvalue weighted by atomic mass is 19.1. The summed E-state index contributed by atoms with van der Waals surface area (Å²) in [5.74, 6) is -2.83. The van der Waals surface area contributed by atoms with E-state index in [2.05, 4.69) is 43.8 Å². The number of carbonyl (C=O) groups is 4. The third kappa shape index (κ3) is 10.4. The van der Waals surface area contributed by atoms with Crippen molar-refractivity contribution in [2.75, 3.05) is 14.2 Å². The number of aromatic nitrogens is 2. The molecule has 67 heavy (non-hydrogen) atoms. The van der Waals surface area contributed by atoms with Crippen LogP contribution in [0.3, 0.4) is 0 Å². The van der Waals surface area contributed by atoms with E-state index >= 15 is 0 Å². The third-order valence-corrected chi connectivity index (χ3v) is 10.6. The number of aliphatic hydroxyl groups excluding tert-OH is 1. The van der Waals surface area contributed by atoms with E-state index in [4.69, 9.17) is 9.84 Å². The smallest absolute Gasteiger partial charge is 0.356 e. The van der Waals surface area contributed by atoms with Gasteiger partial charge in [-0.3, -0.25) is 14.5 Å². The first kappa shape index (κ1) is 48.3. The Morgan fingerprint density at radius 3 is 1.34 bits per heavy atom. The number of carbonyl (C=O) groups excluding carboxylic acids is 4. The SMILES string of the molecule is C=C1NC(=O)C(c2ccc(F)cc2)(c2ccc(F)cc2)N1.C=C1NC(c2ccc(F)cc2)(c2ccc(F)cc2)C(=O)N1Cc1cc(C)nc(C(=O)OC)c1.COC(=O)c1cc(CO)cc(C)n1. The van der Waals surface area contributed by atoms with Crippen LogP contribution in [0.15, 0.2) is 146 Å². The normalized spacial score (nSPS) is 14.4. The molecule has 13 nitrogen and oxygen atoms in total. The van der Waals surface area contributed by atoms with Crippen LogP contribution in [-0.2, 0) is 43.3 Å². The van der Waals surface area contributed by atoms with E-state index in [1.807, 2.05) is 0 Å². The molecule has 2 fully saturated rings. The van der Waals surface area contributed by atoms with Gasteiger partial charge in [-0.25, -0.2) is 37.1 Å². The molecule has 2 aliphatic rings. The maximum atomic E-state index is 13.9. The highest BCUT2D eigenvalue weighted by Gasteiger charge is 2.51. The molecule has 2 aromatic heterocycles. The summed E-state index contributed by atoms with van der Waals surface area (Å²) in [6.45, 7) is 11.2. The number of ether oxygens (including phenoxy) is 2. The van der Waals surface area contributed by atoms with E-state index in [0.29, 0.717) is 56.4 Å². The Balaban J connectivity index is 0.000000185. The van der Waals surface area contributed by atoms with Gasteiger partial charge in [0, 0.05) is 11.4 Å². The van der Waals surface area contributed by atoms with Gasteiger partial charge in [0.15, 0.2) is 11.1 Å². The molecule has 0 unspecified atom stereocenters. The number of aryl methyl sites for hydroxylation is 2. The minimum absolute atomic E-state index is 0.0994. The lowest BCUT2D eigenvalue weighted by Gasteiger charge is -2.28. The van der Waals surface area contributed by atoms with E-state index < -0.39 is 46.3 Å². The molecule has 0 bridgehead atoms. The number of aliphatic hydroxyl groups is 1. The summed E-state index contributed by atoms with van der Waals surface area (Å²) in [6.07, 6.45) is 0. The lowest BCUT2D eigenvalue weighted by molar-refractivity contribution is -0.131. The zero-order valence-corrected chi connectivity index (χ0v) is 36.6. The zero-order valence-electron chi connectivity index (χ0n) is 36.6. The second-order valence-corrected chi connectivity index (χ2v) is 15.2. The number of rotatable bonds is 9. The lowest BCUT2D eigenvalue weighted by Crippen LogP contribution is -2.44. The molecule has 4 aromatic carbocycles. The summed E-state index contributed by atoms with van der Waals surface area (Å²) < 4.78 is 62.8. The molecule has 344 valence electrons. The Kier molecular flexibility index (Phi) is 14.7. The van der Waals surface area contributed by atoms with Crippen molar-refractivity contribution in [3.05, 3.63) is 226 Å². The van der Waals surface area contributed by atoms with Gasteiger partial charge in [-0.2, -0.15) is 0 Å². The molecule has 0 aliphatic carbocycles. The number of amides is 2. The molecular formula is C50H44F4N6O7. The number of nitrogens with one attached hydrogen (secondary N) is 3. The number of pyridine rings is 2. The van der Waals surface area contributed by atoms with Gasteiger partial charge in [0.2, 0.25) is 0 Å². The molecule has 0 spiro atoms. The fourth-order valence-corrected chi connectivity index (χ4v) is 7.57. The number of halogens is 4. The summed E-state index contributed by atoms with van der Waals surface area (Å²) in [5, 5.41) is 17.6. The minimum atomic E-state index is -1.42. The first-order chi connectivity index (χ1) is 31.9. The number of nitrogens with zero attached hydrogens (tertiary/aromatic N) is 3. The molecule has 2 amide bonds. The van der Waals surface area contributed by atoms with Crippen molar-refractivity contribution in [1.29, 1.82) is 0 Å². The maximum absolute atomic E-state index is 13.9. The van der Waals surface area contributed by atoms with Crippen molar-refractivity contribution in [1.82, 2.24) is 30.8 Å². The number of benzene rings is 4. The Morgan fingerprint density at radius 1 is 0.612 bits per heavy atom. The standard InChI is InChI=1S/C25H21F2N3O3.C16H12F2N2O.C9H11NO3/c1-15-12-17(13-22(28-15)23(31)33-3)14-30-16(2)29-25(24(30)32,18-4-8-20(26)9-5-18)19-6-10-21(27)11-7-19;1-10-19-15(21)16(20-10,11-2-6-13(17)7-3-11)12-4-8-14(18)9-5-12;1-6-3-7(5-11)4-8(10-6)9(12)13-2/h4-13,29H,2,14H2,1,3H3;2-9,20H,1H2,(H,19,21);3-4,11H,5H2,1-2H3. The second kappa shape index (κ2) is 20.3. The highest BCUT2D eigenvalue weighted by Crippen LogP contribution is 2.39. The van der Waals surface area contributed by atoms with Gasteiger partial charge in [-0.15, -0.1) is 0 Å². The van der Waals surface area contributed by atoms with E-state index in [-0.39, 0.29) is 36.4 Å².